The van der Waals surface area contributed by atoms with Crippen molar-refractivity contribution in [1.29, 1.82) is 0 Å². The molecule has 0 unspecified atom stereocenters. The molecule has 0 radical (unpaired) electrons. The molecule has 2 aromatic carbocycles. The third kappa shape index (κ3) is 11.8. The van der Waals surface area contributed by atoms with Gasteiger partial charge in [0.2, 0.25) is 10.3 Å². The van der Waals surface area contributed by atoms with Gasteiger partial charge in [-0.2, -0.15) is 8.42 Å². The van der Waals surface area contributed by atoms with Crippen molar-refractivity contribution >= 4 is 27.5 Å². The molecule has 1 saturated carbocycles. The van der Waals surface area contributed by atoms with E-state index < -0.39 is 28.2 Å². The van der Waals surface area contributed by atoms with Gasteiger partial charge in [0.25, 0.3) is 5.91 Å². The number of hydrogen-bond acceptors (Lipinski definition) is 5. The molecule has 0 saturated heterocycles. The topological polar surface area (TPSA) is 104 Å². The summed E-state index contributed by atoms with van der Waals surface area (Å²) >= 11 is 0. The van der Waals surface area contributed by atoms with Gasteiger partial charge in [0.1, 0.15) is 6.04 Å². The van der Waals surface area contributed by atoms with Gasteiger partial charge in [-0.25, -0.2) is 4.79 Å². The monoisotopic (exact) mass is 650 g/mol. The lowest BCUT2D eigenvalue weighted by Gasteiger charge is -2.38. The molecule has 0 bridgehead atoms. The summed E-state index contributed by atoms with van der Waals surface area (Å²) in [5.74, 6) is -0.922. The highest BCUT2D eigenvalue weighted by atomic mass is 32.2. The number of carbonyl (C=O) groups is 2. The number of aryl methyl sites for hydroxylation is 1. The van der Waals surface area contributed by atoms with E-state index in [2.05, 4.69) is 50.1 Å². The third-order valence-electron chi connectivity index (χ3n) is 9.20. The van der Waals surface area contributed by atoms with Gasteiger partial charge < -0.3 is 10.4 Å². The standard InChI is InChI=1S/C38H54N2O5S/c1-27(2)14-9-11-18-32(24-30-16-7-6-8-17-30)40(28(3)4)26-31-21-22-34(35(25-31)33-19-12-10-15-29(33)5)37(41)39-36(38(42)43)20-13-23-46(44)45/h10,12,14-15,19,21-23,25,28,30,32,36H,6-9,11,13,16-18,20,24,26H2,1-5H3,(H,39,41)(H,42,43)/t32-,36-/m0/s1. The van der Waals surface area contributed by atoms with E-state index in [9.17, 15) is 23.1 Å². The molecule has 1 aliphatic carbocycles. The second kappa shape index (κ2) is 18.8. The Morgan fingerprint density at radius 3 is 2.35 bits per heavy atom. The number of carbonyl (C=O) groups excluding carboxylic acids is 1. The summed E-state index contributed by atoms with van der Waals surface area (Å²) in [4.78, 5) is 28.2. The Kier molecular flexibility index (Phi) is 15.2. The second-order valence-corrected chi connectivity index (χ2v) is 14.3. The second-order valence-electron chi connectivity index (χ2n) is 13.4. The van der Waals surface area contributed by atoms with Crippen LogP contribution in [0.2, 0.25) is 0 Å². The van der Waals surface area contributed by atoms with Gasteiger partial charge in [0, 0.05) is 29.6 Å². The molecule has 0 aromatic heterocycles. The molecular formula is C38H54N2O5S. The van der Waals surface area contributed by atoms with Crippen LogP contribution in [0.3, 0.4) is 0 Å². The summed E-state index contributed by atoms with van der Waals surface area (Å²) in [5.41, 5.74) is 5.59. The van der Waals surface area contributed by atoms with Crippen LogP contribution in [-0.2, 0) is 21.6 Å². The Labute approximate surface area is 278 Å². The van der Waals surface area contributed by atoms with Crippen molar-refractivity contribution < 1.29 is 23.1 Å². The molecule has 1 aliphatic rings. The van der Waals surface area contributed by atoms with E-state index in [0.29, 0.717) is 17.6 Å². The quantitative estimate of drug-likeness (QED) is 0.102. The Morgan fingerprint density at radius 1 is 1.00 bits per heavy atom. The minimum absolute atomic E-state index is 0.0216. The SMILES string of the molecule is CC(C)=CCCC[C@@H](CC1CCCCC1)N(Cc1ccc(C(=O)N[C@@H](CCC=S(=O)=O)C(=O)O)c(-c2ccccc2C)c1)C(C)C. The average Bonchev–Trinajstić information content (AvgIpc) is 3.01. The Hall–Kier alpha value is -3.23. The van der Waals surface area contributed by atoms with Gasteiger partial charge in [-0.3, -0.25) is 9.69 Å². The lowest BCUT2D eigenvalue weighted by molar-refractivity contribution is -0.139. The highest BCUT2D eigenvalue weighted by Crippen LogP contribution is 2.33. The molecule has 8 heteroatoms. The number of allylic oxidation sites excluding steroid dienone is 2. The number of carboxylic acid groups (broad SMARTS) is 1. The van der Waals surface area contributed by atoms with Gasteiger partial charge in [-0.05, 0) is 113 Å². The van der Waals surface area contributed by atoms with E-state index in [-0.39, 0.29) is 12.8 Å². The maximum absolute atomic E-state index is 13.6. The van der Waals surface area contributed by atoms with Gasteiger partial charge in [-0.15, -0.1) is 0 Å². The zero-order valence-corrected chi connectivity index (χ0v) is 29.2. The van der Waals surface area contributed by atoms with Crippen molar-refractivity contribution in [2.24, 2.45) is 5.92 Å². The van der Waals surface area contributed by atoms with Crippen molar-refractivity contribution in [2.45, 2.75) is 130 Å². The van der Waals surface area contributed by atoms with Crippen LogP contribution in [0.4, 0.5) is 0 Å². The minimum Gasteiger partial charge on any atom is -0.480 e. The summed E-state index contributed by atoms with van der Waals surface area (Å²) in [6.07, 6.45) is 13.6. The van der Waals surface area contributed by atoms with Crippen molar-refractivity contribution in [3.05, 3.63) is 70.8 Å². The Bertz CT molecular complexity index is 1460. The third-order valence-corrected chi connectivity index (χ3v) is 9.71. The van der Waals surface area contributed by atoms with Crippen LogP contribution in [0.25, 0.3) is 11.1 Å². The van der Waals surface area contributed by atoms with Crippen LogP contribution in [0.15, 0.2) is 54.1 Å². The first-order valence-corrected chi connectivity index (χ1v) is 18.1. The van der Waals surface area contributed by atoms with Crippen molar-refractivity contribution in [1.82, 2.24) is 10.2 Å². The van der Waals surface area contributed by atoms with E-state index in [1.807, 2.05) is 43.3 Å². The predicted octanol–water partition coefficient (Wildman–Crippen LogP) is 7.99. The average molecular weight is 651 g/mol. The minimum atomic E-state index is -2.38. The van der Waals surface area contributed by atoms with Crippen LogP contribution in [0.1, 0.15) is 120 Å². The van der Waals surface area contributed by atoms with Gasteiger partial charge >= 0.3 is 5.97 Å². The molecular weight excluding hydrogens is 596 g/mol. The summed E-state index contributed by atoms with van der Waals surface area (Å²) in [6, 6.07) is 13.4. The van der Waals surface area contributed by atoms with E-state index in [1.54, 1.807) is 0 Å². The number of unbranched alkanes of at least 4 members (excludes halogenated alkanes) is 1. The number of nitrogens with zero attached hydrogens (tertiary/aromatic N) is 1. The highest BCUT2D eigenvalue weighted by Gasteiger charge is 2.27. The van der Waals surface area contributed by atoms with Crippen molar-refractivity contribution in [2.75, 3.05) is 0 Å². The highest BCUT2D eigenvalue weighted by molar-refractivity contribution is 7.71. The maximum atomic E-state index is 13.6. The molecule has 2 atom stereocenters. The van der Waals surface area contributed by atoms with Crippen LogP contribution in [0, 0.1) is 12.8 Å². The van der Waals surface area contributed by atoms with E-state index in [4.69, 9.17) is 0 Å². The van der Waals surface area contributed by atoms with Crippen LogP contribution >= 0.6 is 0 Å². The van der Waals surface area contributed by atoms with E-state index >= 15 is 0 Å². The molecule has 0 aliphatic heterocycles. The zero-order valence-electron chi connectivity index (χ0n) is 28.4. The van der Waals surface area contributed by atoms with Crippen LogP contribution < -0.4 is 5.32 Å². The summed E-state index contributed by atoms with van der Waals surface area (Å²) in [5, 5.41) is 13.4. The number of aliphatic carboxylic acids is 1. The number of hydrogen-bond donors (Lipinski definition) is 2. The fourth-order valence-corrected chi connectivity index (χ4v) is 7.05. The Balaban J connectivity index is 1.95. The van der Waals surface area contributed by atoms with Crippen LogP contribution in [-0.4, -0.2) is 53.8 Å². The van der Waals surface area contributed by atoms with E-state index in [1.165, 1.54) is 44.1 Å². The van der Waals surface area contributed by atoms with E-state index in [0.717, 1.165) is 59.3 Å². The fourth-order valence-electron chi connectivity index (χ4n) is 6.73. The molecule has 0 spiro atoms. The van der Waals surface area contributed by atoms with Gasteiger partial charge in [0.15, 0.2) is 0 Å². The first-order valence-electron chi connectivity index (χ1n) is 17.0. The normalized spacial score (nSPS) is 14.9. The summed E-state index contributed by atoms with van der Waals surface area (Å²) in [6.45, 7) is 11.6. The van der Waals surface area contributed by atoms with Crippen molar-refractivity contribution in [3.63, 3.8) is 0 Å². The molecule has 46 heavy (non-hydrogen) atoms. The molecule has 1 amide bonds. The largest absolute Gasteiger partial charge is 0.480 e. The molecule has 7 nitrogen and oxygen atoms in total. The first kappa shape index (κ1) is 37.2. The van der Waals surface area contributed by atoms with Crippen molar-refractivity contribution in [3.8, 4) is 11.1 Å². The molecule has 3 rings (SSSR count). The number of nitrogens with one attached hydrogen (secondary N) is 1. The predicted molar refractivity (Wildman–Crippen MR) is 189 cm³/mol. The molecule has 0 heterocycles. The Morgan fingerprint density at radius 2 is 1.72 bits per heavy atom. The summed E-state index contributed by atoms with van der Waals surface area (Å²) < 4.78 is 21.8. The molecule has 2 aromatic rings. The molecule has 1 fully saturated rings. The molecule has 2 N–H and O–H groups in total. The fraction of sp³-hybridized carbons (Fsp3) is 0.553. The number of amides is 1. The van der Waals surface area contributed by atoms with Gasteiger partial charge in [-0.1, -0.05) is 74.1 Å². The zero-order chi connectivity index (χ0) is 33.6. The number of carboxylic acids is 1. The van der Waals surface area contributed by atoms with Crippen LogP contribution in [0.5, 0.6) is 0 Å². The number of rotatable bonds is 17. The smallest absolute Gasteiger partial charge is 0.326 e. The lowest BCUT2D eigenvalue weighted by atomic mass is 9.83. The molecule has 252 valence electrons. The summed E-state index contributed by atoms with van der Waals surface area (Å²) in [7, 11) is -2.38. The maximum Gasteiger partial charge on any atom is 0.326 e. The van der Waals surface area contributed by atoms with Gasteiger partial charge in [0.05, 0.1) is 0 Å². The lowest BCUT2D eigenvalue weighted by Crippen LogP contribution is -2.41. The number of benzene rings is 2. The first-order chi connectivity index (χ1) is 22.0.